The maximum atomic E-state index is 12.5. The molecule has 99 heavy (non-hydrogen) atoms. The lowest BCUT2D eigenvalue weighted by molar-refractivity contribution is 0.00607. The Balaban J connectivity index is 0.804. The van der Waals surface area contributed by atoms with Gasteiger partial charge in [0.05, 0.1) is 105 Å². The molecular formula is C79H108O17Si3. The predicted molar refractivity (Wildman–Crippen MR) is 397 cm³/mol. The van der Waals surface area contributed by atoms with Crippen LogP contribution in [0.5, 0.6) is 17.2 Å². The monoisotopic (exact) mass is 1410 g/mol. The van der Waals surface area contributed by atoms with Crippen LogP contribution in [0.2, 0.25) is 15.1 Å². The van der Waals surface area contributed by atoms with E-state index >= 15 is 0 Å². The summed E-state index contributed by atoms with van der Waals surface area (Å²) in [6.07, 6.45) is 4.73. The minimum atomic E-state index is -3.09. The normalized spacial score (nSPS) is 12.4. The third-order valence-electron chi connectivity index (χ3n) is 18.3. The van der Waals surface area contributed by atoms with Gasteiger partial charge in [-0.15, -0.1) is 0 Å². The standard InChI is InChI=1S/C79H108O17Si3/c1-77(2,97(82,67-28-13-7-14-29-67)68-30-15-8-16-31-68)40-25-43-85-46-49-88-52-55-91-58-61-94-73-64-66(76(80)81)65-74(95-62-59-92-56-53-89-50-47-86-44-26-41-78(3,4)98(83,69-32-17-9-18-33-69)70-34-19-10-20-35-70)75(73)96-63-60-93-57-54-90-51-48-87-45-27-42-79(5,6)99(84,71-36-21-11-22-37-71)72-38-23-12-24-39-72/h7-24,28-39,64-65,82-84H,25-27,40-63H2,1-6H3,(H,80,81). The molecule has 4 N–H and O–H groups in total. The van der Waals surface area contributed by atoms with Crippen LogP contribution in [0, 0.1) is 0 Å². The van der Waals surface area contributed by atoms with Gasteiger partial charge in [-0.1, -0.05) is 224 Å². The van der Waals surface area contributed by atoms with Gasteiger partial charge in [0, 0.05) is 19.8 Å². The molecule has 538 valence electrons. The molecule has 7 aromatic rings. The van der Waals surface area contributed by atoms with Crippen LogP contribution in [0.4, 0.5) is 0 Å². The van der Waals surface area contributed by atoms with Crippen LogP contribution in [0.3, 0.4) is 0 Å². The van der Waals surface area contributed by atoms with Gasteiger partial charge in [-0.25, -0.2) is 4.79 Å². The molecule has 7 rings (SSSR count). The van der Waals surface area contributed by atoms with E-state index in [9.17, 15) is 24.3 Å². The van der Waals surface area contributed by atoms with Gasteiger partial charge in [-0.05, 0) is 96.9 Å². The van der Waals surface area contributed by atoms with Crippen molar-refractivity contribution in [1.29, 1.82) is 0 Å². The number of ether oxygens (including phenoxy) is 12. The number of rotatable bonds is 52. The van der Waals surface area contributed by atoms with Gasteiger partial charge in [0.25, 0.3) is 25.0 Å². The first-order valence-electron chi connectivity index (χ1n) is 35.0. The molecule has 0 spiro atoms. The fourth-order valence-electron chi connectivity index (χ4n) is 12.6. The number of carboxylic acid groups (broad SMARTS) is 1. The summed E-state index contributed by atoms with van der Waals surface area (Å²) in [4.78, 5) is 49.8. The second kappa shape index (κ2) is 42.1. The molecule has 7 aromatic carbocycles. The first-order valence-corrected chi connectivity index (χ1v) is 40.8. The van der Waals surface area contributed by atoms with E-state index in [1.54, 1.807) is 0 Å². The van der Waals surface area contributed by atoms with E-state index in [-0.39, 0.29) is 77.6 Å². The van der Waals surface area contributed by atoms with E-state index in [1.807, 2.05) is 182 Å². The smallest absolute Gasteiger partial charge is 0.335 e. The molecule has 0 amide bonds. The van der Waals surface area contributed by atoms with Crippen molar-refractivity contribution in [3.8, 4) is 17.2 Å². The highest BCUT2D eigenvalue weighted by Crippen LogP contribution is 2.43. The zero-order chi connectivity index (χ0) is 70.6. The molecule has 0 saturated heterocycles. The van der Waals surface area contributed by atoms with E-state index in [4.69, 9.17) is 56.8 Å². The van der Waals surface area contributed by atoms with Crippen molar-refractivity contribution in [3.63, 3.8) is 0 Å². The Kier molecular flexibility index (Phi) is 34.0. The van der Waals surface area contributed by atoms with Crippen LogP contribution in [-0.2, 0) is 42.6 Å². The van der Waals surface area contributed by atoms with Crippen molar-refractivity contribution in [2.24, 2.45) is 0 Å². The largest absolute Gasteiger partial charge is 0.487 e. The summed E-state index contributed by atoms with van der Waals surface area (Å²) in [5.41, 5.74) is -0.0560. The molecule has 0 aliphatic rings. The topological polar surface area (TPSA) is 209 Å². The first-order chi connectivity index (χ1) is 48.0. The molecule has 0 aromatic heterocycles. The molecule has 17 nitrogen and oxygen atoms in total. The van der Waals surface area contributed by atoms with Gasteiger partial charge >= 0.3 is 5.97 Å². The number of carbonyl (C=O) groups is 1. The summed E-state index contributed by atoms with van der Waals surface area (Å²) < 4.78 is 71.2. The molecule has 0 bridgehead atoms. The number of aromatic carboxylic acids is 1. The third kappa shape index (κ3) is 23.8. The Morgan fingerprint density at radius 3 is 0.697 bits per heavy atom. The maximum Gasteiger partial charge on any atom is 0.335 e. The van der Waals surface area contributed by atoms with Crippen molar-refractivity contribution in [1.82, 2.24) is 0 Å². The van der Waals surface area contributed by atoms with Crippen molar-refractivity contribution in [2.75, 3.05) is 139 Å². The lowest BCUT2D eigenvalue weighted by atomic mass is 10.1. The summed E-state index contributed by atoms with van der Waals surface area (Å²) in [7, 11) is -9.27. The van der Waals surface area contributed by atoms with Gasteiger partial charge < -0.3 is 76.3 Å². The second-order valence-electron chi connectivity index (χ2n) is 26.5. The summed E-state index contributed by atoms with van der Waals surface area (Å²) in [5.74, 6) is -0.634. The highest BCUT2D eigenvalue weighted by molar-refractivity contribution is 6.99. The number of benzene rings is 7. The summed E-state index contributed by atoms with van der Waals surface area (Å²) in [5, 5.41) is 15.1. The van der Waals surface area contributed by atoms with Crippen molar-refractivity contribution >= 4 is 62.0 Å². The Bertz CT molecular complexity index is 3050. The van der Waals surface area contributed by atoms with Crippen molar-refractivity contribution in [2.45, 2.75) is 95.2 Å². The molecule has 0 saturated carbocycles. The summed E-state index contributed by atoms with van der Waals surface area (Å²) >= 11 is 0. The first kappa shape index (κ1) is 79.9. The minimum Gasteiger partial charge on any atom is -0.487 e. The van der Waals surface area contributed by atoms with Crippen LogP contribution in [0.15, 0.2) is 194 Å². The van der Waals surface area contributed by atoms with E-state index in [0.29, 0.717) is 99.1 Å². The average Bonchev–Trinajstić information content (AvgIpc) is 0.769. The van der Waals surface area contributed by atoms with E-state index in [0.717, 1.165) is 69.6 Å². The Labute approximate surface area is 590 Å². The molecule has 0 radical (unpaired) electrons. The molecule has 0 heterocycles. The van der Waals surface area contributed by atoms with Crippen LogP contribution in [-0.4, -0.2) is 189 Å². The van der Waals surface area contributed by atoms with Gasteiger partial charge in [0.15, 0.2) is 11.5 Å². The molecule has 0 atom stereocenters. The van der Waals surface area contributed by atoms with Crippen LogP contribution >= 0.6 is 0 Å². The van der Waals surface area contributed by atoms with Crippen LogP contribution in [0.1, 0.15) is 90.4 Å². The lowest BCUT2D eigenvalue weighted by Crippen LogP contribution is -2.65. The summed E-state index contributed by atoms with van der Waals surface area (Å²) in [6.45, 7) is 19.8. The third-order valence-corrected chi connectivity index (χ3v) is 31.9. The van der Waals surface area contributed by atoms with Gasteiger partial charge in [0.1, 0.15) is 19.8 Å². The molecule has 0 aliphatic carbocycles. The van der Waals surface area contributed by atoms with E-state index < -0.39 is 30.9 Å². The Morgan fingerprint density at radius 1 is 0.293 bits per heavy atom. The fourth-order valence-corrected chi connectivity index (χ4v) is 24.0. The van der Waals surface area contributed by atoms with Crippen molar-refractivity contribution < 1.29 is 81.1 Å². The number of hydrogen-bond acceptors (Lipinski definition) is 16. The molecule has 0 unspecified atom stereocenters. The average molecular weight is 1410 g/mol. The number of carboxylic acids is 1. The van der Waals surface area contributed by atoms with Gasteiger partial charge in [-0.2, -0.15) is 0 Å². The van der Waals surface area contributed by atoms with Gasteiger partial charge in [-0.3, -0.25) is 0 Å². The summed E-state index contributed by atoms with van der Waals surface area (Å²) in [6, 6.07) is 63.0. The fraction of sp³-hybridized carbons (Fsp3) is 0.456. The Morgan fingerprint density at radius 2 is 0.485 bits per heavy atom. The molecule has 0 fully saturated rings. The highest BCUT2D eigenvalue weighted by atomic mass is 28.4. The molecule has 20 heteroatoms. The molecule has 0 aliphatic heterocycles. The maximum absolute atomic E-state index is 12.5. The Hall–Kier alpha value is -6.42. The predicted octanol–water partition coefficient (Wildman–Crippen LogP) is 9.61. The SMILES string of the molecule is CC(C)(CCCOCCOCCOCCOc1cc(C(=O)O)cc(OCCOCCOCCOCCCC(C)(C)[Si](O)(c2ccccc2)c2ccccc2)c1OCCOCCOCCOCCCC(C)(C)[Si](O)(c1ccccc1)c1ccccc1)[Si](O)(c1ccccc1)c1ccccc1. The van der Waals surface area contributed by atoms with E-state index in [1.165, 1.54) is 12.1 Å². The van der Waals surface area contributed by atoms with Crippen LogP contribution in [0.25, 0.3) is 0 Å². The number of hydrogen-bond donors (Lipinski definition) is 4. The second-order valence-corrected chi connectivity index (χ2v) is 38.2. The quantitative estimate of drug-likeness (QED) is 0.0207. The van der Waals surface area contributed by atoms with E-state index in [2.05, 4.69) is 41.5 Å². The lowest BCUT2D eigenvalue weighted by Gasteiger charge is -2.41. The van der Waals surface area contributed by atoms with Gasteiger partial charge in [0.2, 0.25) is 5.75 Å². The minimum absolute atomic E-state index is 0.0560. The van der Waals surface area contributed by atoms with Crippen molar-refractivity contribution in [3.05, 3.63) is 200 Å². The van der Waals surface area contributed by atoms with Crippen LogP contribution < -0.4 is 45.3 Å². The zero-order valence-electron chi connectivity index (χ0n) is 59.2. The molecular weight excluding hydrogens is 1310 g/mol. The highest BCUT2D eigenvalue weighted by Gasteiger charge is 2.52. The zero-order valence-corrected chi connectivity index (χ0v) is 62.2.